The molecule has 0 bridgehead atoms. The highest BCUT2D eigenvalue weighted by Gasteiger charge is 2.30. The van der Waals surface area contributed by atoms with Gasteiger partial charge in [0.15, 0.2) is 0 Å². The van der Waals surface area contributed by atoms with Gasteiger partial charge in [0.2, 0.25) is 0 Å². The standard InChI is InChI=1S/C21H42O7/c1-2-3-4-5-6-7-8-9-10-11-12-13-14-19(25)28-16-18(24)21(27)20(26)17(23)15-22/h17-18,20-24,26-27H,2-16H2,1H3/t17-,18+,20+,21+/m0/s1/i1D. The van der Waals surface area contributed by atoms with Gasteiger partial charge in [-0.2, -0.15) is 0 Å². The molecule has 0 radical (unpaired) electrons. The van der Waals surface area contributed by atoms with Crippen LogP contribution in [0.1, 0.15) is 91.7 Å². The van der Waals surface area contributed by atoms with Crippen LogP contribution in [0.4, 0.5) is 0 Å². The summed E-state index contributed by atoms with van der Waals surface area (Å²) in [5, 5.41) is 46.7. The zero-order valence-corrected chi connectivity index (χ0v) is 17.2. The van der Waals surface area contributed by atoms with E-state index in [1.807, 2.05) is 0 Å². The second kappa shape index (κ2) is 18.3. The molecule has 0 amide bonds. The summed E-state index contributed by atoms with van der Waals surface area (Å²) in [5.74, 6) is -0.473. The Hall–Kier alpha value is -0.730. The van der Waals surface area contributed by atoms with Crippen molar-refractivity contribution in [1.29, 1.82) is 0 Å². The van der Waals surface area contributed by atoms with Gasteiger partial charge in [0.05, 0.1) is 6.61 Å². The van der Waals surface area contributed by atoms with Gasteiger partial charge in [-0.15, -0.1) is 0 Å². The number of aliphatic hydroxyl groups is 5. The van der Waals surface area contributed by atoms with Crippen LogP contribution in [-0.4, -0.2) is 69.1 Å². The highest BCUT2D eigenvalue weighted by Crippen LogP contribution is 2.13. The summed E-state index contributed by atoms with van der Waals surface area (Å²) in [5.41, 5.74) is 0. The third-order valence-corrected chi connectivity index (χ3v) is 4.87. The maximum atomic E-state index is 11.7. The molecule has 0 aromatic rings. The lowest BCUT2D eigenvalue weighted by Crippen LogP contribution is -2.47. The fraction of sp³-hybridized carbons (Fsp3) is 0.952. The monoisotopic (exact) mass is 407 g/mol. The molecule has 0 aliphatic carbocycles. The molecule has 0 aromatic heterocycles. The van der Waals surface area contributed by atoms with Gasteiger partial charge in [-0.05, 0) is 6.42 Å². The molecule has 0 rings (SSSR count). The lowest BCUT2D eigenvalue weighted by Gasteiger charge is -2.25. The third-order valence-electron chi connectivity index (χ3n) is 4.87. The van der Waals surface area contributed by atoms with Gasteiger partial charge in [-0.1, -0.05) is 77.5 Å². The molecule has 5 N–H and O–H groups in total. The molecule has 0 aromatic carbocycles. The number of esters is 1. The molecule has 0 spiro atoms. The Morgan fingerprint density at radius 1 is 0.786 bits per heavy atom. The molecule has 0 heterocycles. The fourth-order valence-electron chi connectivity index (χ4n) is 2.95. The second-order valence-electron chi connectivity index (χ2n) is 7.47. The van der Waals surface area contributed by atoms with Crippen LogP contribution in [0.2, 0.25) is 0 Å². The van der Waals surface area contributed by atoms with Crippen LogP contribution in [-0.2, 0) is 9.53 Å². The van der Waals surface area contributed by atoms with Crippen molar-refractivity contribution in [2.24, 2.45) is 0 Å². The number of unbranched alkanes of at least 4 members (excludes halogenated alkanes) is 11. The Kier molecular flexibility index (Phi) is 16.5. The van der Waals surface area contributed by atoms with Crippen molar-refractivity contribution < 1.29 is 36.4 Å². The summed E-state index contributed by atoms with van der Waals surface area (Å²) in [6.07, 6.45) is 7.30. The summed E-state index contributed by atoms with van der Waals surface area (Å²) >= 11 is 0. The predicted molar refractivity (Wildman–Crippen MR) is 108 cm³/mol. The smallest absolute Gasteiger partial charge is 0.305 e. The van der Waals surface area contributed by atoms with Gasteiger partial charge in [-0.3, -0.25) is 4.79 Å². The van der Waals surface area contributed by atoms with Crippen molar-refractivity contribution in [2.45, 2.75) is 115 Å². The summed E-state index contributed by atoms with van der Waals surface area (Å²) in [6, 6.07) is 0. The quantitative estimate of drug-likeness (QED) is 0.164. The molecule has 0 aliphatic heterocycles. The average Bonchev–Trinajstić information content (AvgIpc) is 2.73. The molecule has 0 saturated carbocycles. The van der Waals surface area contributed by atoms with Crippen LogP contribution in [0.3, 0.4) is 0 Å². The summed E-state index contributed by atoms with van der Waals surface area (Å²) in [4.78, 5) is 11.7. The first kappa shape index (κ1) is 25.3. The van der Waals surface area contributed by atoms with Gasteiger partial charge >= 0.3 is 5.97 Å². The van der Waals surface area contributed by atoms with Crippen molar-refractivity contribution in [2.75, 3.05) is 13.2 Å². The minimum Gasteiger partial charge on any atom is -0.463 e. The number of rotatable bonds is 19. The molecule has 0 unspecified atom stereocenters. The molecule has 4 atom stereocenters. The Labute approximate surface area is 171 Å². The van der Waals surface area contributed by atoms with E-state index in [1.54, 1.807) is 0 Å². The molecule has 0 saturated heterocycles. The topological polar surface area (TPSA) is 127 Å². The fourth-order valence-corrected chi connectivity index (χ4v) is 2.95. The van der Waals surface area contributed by atoms with Crippen LogP contribution < -0.4 is 0 Å². The number of aliphatic hydroxyl groups excluding tert-OH is 5. The predicted octanol–water partition coefficient (Wildman–Crippen LogP) is 2.06. The largest absolute Gasteiger partial charge is 0.463 e. The first-order valence-electron chi connectivity index (χ1n) is 11.4. The molecule has 0 aliphatic rings. The Balaban J connectivity index is 3.52. The number of hydrogen-bond donors (Lipinski definition) is 5. The van der Waals surface area contributed by atoms with Gasteiger partial charge < -0.3 is 30.3 Å². The van der Waals surface area contributed by atoms with Crippen LogP contribution >= 0.6 is 0 Å². The maximum absolute atomic E-state index is 11.7. The minimum absolute atomic E-state index is 0.239. The summed E-state index contributed by atoms with van der Waals surface area (Å²) in [7, 11) is 0. The van der Waals surface area contributed by atoms with E-state index >= 15 is 0 Å². The van der Waals surface area contributed by atoms with Gasteiger partial charge in [0.1, 0.15) is 31.0 Å². The number of ether oxygens (including phenoxy) is 1. The number of carbonyl (C=O) groups excluding carboxylic acids is 1. The lowest BCUT2D eigenvalue weighted by molar-refractivity contribution is -0.156. The number of hydrogen-bond acceptors (Lipinski definition) is 7. The van der Waals surface area contributed by atoms with Crippen molar-refractivity contribution in [3.05, 3.63) is 0 Å². The first-order valence-corrected chi connectivity index (χ1v) is 10.7. The molecular weight excluding hydrogens is 364 g/mol. The third kappa shape index (κ3) is 14.3. The molecule has 28 heavy (non-hydrogen) atoms. The van der Waals surface area contributed by atoms with Crippen LogP contribution in [0, 0.1) is 0 Å². The molecule has 7 heteroatoms. The maximum Gasteiger partial charge on any atom is 0.305 e. The van der Waals surface area contributed by atoms with Crippen molar-refractivity contribution in [3.8, 4) is 0 Å². The summed E-state index contributed by atoms with van der Waals surface area (Å²) < 4.78 is 12.0. The Morgan fingerprint density at radius 3 is 1.75 bits per heavy atom. The van der Waals surface area contributed by atoms with E-state index in [4.69, 9.17) is 11.2 Å². The zero-order valence-electron chi connectivity index (χ0n) is 18.2. The highest BCUT2D eigenvalue weighted by molar-refractivity contribution is 5.69. The molecule has 7 nitrogen and oxygen atoms in total. The van der Waals surface area contributed by atoms with Crippen molar-refractivity contribution in [3.63, 3.8) is 0 Å². The van der Waals surface area contributed by atoms with E-state index in [1.165, 1.54) is 44.9 Å². The van der Waals surface area contributed by atoms with Gasteiger partial charge in [0, 0.05) is 7.79 Å². The van der Waals surface area contributed by atoms with Crippen molar-refractivity contribution in [1.82, 2.24) is 0 Å². The SMILES string of the molecule is [2H]CCCCCCCCCCCCCCC(=O)OC[C@@H](O)[C@@H](O)[C@H](O)[C@@H](O)CO. The van der Waals surface area contributed by atoms with E-state index in [-0.39, 0.29) is 6.42 Å². The van der Waals surface area contributed by atoms with E-state index in [2.05, 4.69) is 0 Å². The van der Waals surface area contributed by atoms with Gasteiger partial charge in [0.25, 0.3) is 0 Å². The van der Waals surface area contributed by atoms with E-state index in [0.717, 1.165) is 25.7 Å². The molecule has 0 fully saturated rings. The van der Waals surface area contributed by atoms with Crippen LogP contribution in [0.25, 0.3) is 0 Å². The van der Waals surface area contributed by atoms with Crippen molar-refractivity contribution >= 4 is 5.97 Å². The van der Waals surface area contributed by atoms with Gasteiger partial charge in [-0.25, -0.2) is 0 Å². The van der Waals surface area contributed by atoms with Crippen LogP contribution in [0.5, 0.6) is 0 Å². The minimum atomic E-state index is -1.72. The second-order valence-corrected chi connectivity index (χ2v) is 7.47. The average molecular weight is 408 g/mol. The molecule has 168 valence electrons. The zero-order chi connectivity index (χ0) is 21.9. The number of carbonyl (C=O) groups is 1. The normalized spacial score (nSPS) is 16.2. The molecular formula is C21H42O7. The lowest BCUT2D eigenvalue weighted by atomic mass is 10.0. The van der Waals surface area contributed by atoms with E-state index in [0.29, 0.717) is 13.3 Å². The Bertz CT molecular complexity index is 384. The highest BCUT2D eigenvalue weighted by atomic mass is 16.5. The first-order chi connectivity index (χ1) is 13.9. The van der Waals surface area contributed by atoms with Crippen LogP contribution in [0.15, 0.2) is 0 Å². The summed E-state index contributed by atoms with van der Waals surface area (Å²) in [6.45, 7) is -0.681. The van der Waals surface area contributed by atoms with E-state index < -0.39 is 43.6 Å². The van der Waals surface area contributed by atoms with E-state index in [9.17, 15) is 25.2 Å². The Morgan fingerprint density at radius 2 is 1.25 bits per heavy atom.